The SMILES string of the molecule is CC(C)CC(C)N1CCCC(CCC(=O)O)C1. The fourth-order valence-corrected chi connectivity index (χ4v) is 2.89. The lowest BCUT2D eigenvalue weighted by atomic mass is 9.91. The average molecular weight is 241 g/mol. The number of likely N-dealkylation sites (tertiary alicyclic amines) is 1. The summed E-state index contributed by atoms with van der Waals surface area (Å²) in [4.78, 5) is 13.1. The van der Waals surface area contributed by atoms with Crippen LogP contribution in [-0.4, -0.2) is 35.1 Å². The zero-order valence-corrected chi connectivity index (χ0v) is 11.5. The topological polar surface area (TPSA) is 40.5 Å². The van der Waals surface area contributed by atoms with Gasteiger partial charge in [-0.05, 0) is 51.0 Å². The Kier molecular flexibility index (Phi) is 5.96. The number of nitrogens with zero attached hydrogens (tertiary/aromatic N) is 1. The second-order valence-electron chi connectivity index (χ2n) is 5.91. The molecule has 1 heterocycles. The van der Waals surface area contributed by atoms with Crippen molar-refractivity contribution in [3.63, 3.8) is 0 Å². The number of rotatable bonds is 6. The van der Waals surface area contributed by atoms with Gasteiger partial charge in [-0.15, -0.1) is 0 Å². The van der Waals surface area contributed by atoms with Gasteiger partial charge in [0.15, 0.2) is 0 Å². The number of hydrogen-bond acceptors (Lipinski definition) is 2. The fourth-order valence-electron chi connectivity index (χ4n) is 2.89. The summed E-state index contributed by atoms with van der Waals surface area (Å²) >= 11 is 0. The van der Waals surface area contributed by atoms with Gasteiger partial charge >= 0.3 is 5.97 Å². The van der Waals surface area contributed by atoms with Gasteiger partial charge in [0.2, 0.25) is 0 Å². The van der Waals surface area contributed by atoms with Crippen LogP contribution >= 0.6 is 0 Å². The molecule has 3 heteroatoms. The summed E-state index contributed by atoms with van der Waals surface area (Å²) in [7, 11) is 0. The van der Waals surface area contributed by atoms with Crippen molar-refractivity contribution >= 4 is 5.97 Å². The molecule has 0 bridgehead atoms. The first kappa shape index (κ1) is 14.5. The Morgan fingerprint density at radius 3 is 2.71 bits per heavy atom. The van der Waals surface area contributed by atoms with Crippen molar-refractivity contribution in [2.24, 2.45) is 11.8 Å². The van der Waals surface area contributed by atoms with Crippen molar-refractivity contribution in [1.82, 2.24) is 4.90 Å². The van der Waals surface area contributed by atoms with Gasteiger partial charge in [0.25, 0.3) is 0 Å². The molecule has 100 valence electrons. The second kappa shape index (κ2) is 7.00. The minimum atomic E-state index is -0.655. The number of aliphatic carboxylic acids is 1. The Hall–Kier alpha value is -0.570. The van der Waals surface area contributed by atoms with Crippen LogP contribution in [0.3, 0.4) is 0 Å². The Labute approximate surface area is 105 Å². The highest BCUT2D eigenvalue weighted by atomic mass is 16.4. The van der Waals surface area contributed by atoms with E-state index in [1.54, 1.807) is 0 Å². The normalized spacial score (nSPS) is 23.9. The van der Waals surface area contributed by atoms with Gasteiger partial charge in [0, 0.05) is 19.0 Å². The van der Waals surface area contributed by atoms with Crippen LogP contribution in [0.5, 0.6) is 0 Å². The summed E-state index contributed by atoms with van der Waals surface area (Å²) in [5.41, 5.74) is 0. The van der Waals surface area contributed by atoms with Crippen LogP contribution in [0.1, 0.15) is 52.9 Å². The monoisotopic (exact) mass is 241 g/mol. The van der Waals surface area contributed by atoms with Crippen LogP contribution in [0.15, 0.2) is 0 Å². The second-order valence-corrected chi connectivity index (χ2v) is 5.91. The molecule has 0 saturated carbocycles. The third-order valence-corrected chi connectivity index (χ3v) is 3.75. The molecule has 2 unspecified atom stereocenters. The Balaban J connectivity index is 2.34. The number of carboxylic acid groups (broad SMARTS) is 1. The van der Waals surface area contributed by atoms with Crippen LogP contribution in [-0.2, 0) is 4.79 Å². The van der Waals surface area contributed by atoms with Gasteiger partial charge in [0.1, 0.15) is 0 Å². The minimum Gasteiger partial charge on any atom is -0.481 e. The smallest absolute Gasteiger partial charge is 0.303 e. The molecule has 3 nitrogen and oxygen atoms in total. The Bertz CT molecular complexity index is 240. The minimum absolute atomic E-state index is 0.330. The molecule has 1 saturated heterocycles. The average Bonchev–Trinajstić information content (AvgIpc) is 2.26. The van der Waals surface area contributed by atoms with E-state index in [-0.39, 0.29) is 0 Å². The highest BCUT2D eigenvalue weighted by Gasteiger charge is 2.24. The van der Waals surface area contributed by atoms with Crippen LogP contribution < -0.4 is 0 Å². The van der Waals surface area contributed by atoms with E-state index < -0.39 is 5.97 Å². The molecule has 0 aromatic rings. The number of carboxylic acids is 1. The zero-order valence-electron chi connectivity index (χ0n) is 11.5. The Morgan fingerprint density at radius 1 is 1.41 bits per heavy atom. The molecule has 0 aliphatic carbocycles. The third-order valence-electron chi connectivity index (χ3n) is 3.75. The lowest BCUT2D eigenvalue weighted by molar-refractivity contribution is -0.137. The van der Waals surface area contributed by atoms with E-state index >= 15 is 0 Å². The van der Waals surface area contributed by atoms with Crippen molar-refractivity contribution in [3.05, 3.63) is 0 Å². The molecule has 1 aliphatic heterocycles. The van der Waals surface area contributed by atoms with E-state index in [1.807, 2.05) is 0 Å². The molecule has 1 fully saturated rings. The van der Waals surface area contributed by atoms with E-state index in [2.05, 4.69) is 25.7 Å². The van der Waals surface area contributed by atoms with E-state index in [1.165, 1.54) is 25.8 Å². The van der Waals surface area contributed by atoms with Crippen molar-refractivity contribution in [3.8, 4) is 0 Å². The van der Waals surface area contributed by atoms with Crippen LogP contribution in [0.25, 0.3) is 0 Å². The highest BCUT2D eigenvalue weighted by molar-refractivity contribution is 5.66. The summed E-state index contributed by atoms with van der Waals surface area (Å²) < 4.78 is 0. The molecule has 0 amide bonds. The van der Waals surface area contributed by atoms with E-state index in [0.29, 0.717) is 18.4 Å². The summed E-state index contributed by atoms with van der Waals surface area (Å²) in [6.45, 7) is 9.13. The largest absolute Gasteiger partial charge is 0.481 e. The molecule has 0 aromatic carbocycles. The third kappa shape index (κ3) is 5.53. The molecule has 0 radical (unpaired) electrons. The van der Waals surface area contributed by atoms with Crippen molar-refractivity contribution < 1.29 is 9.90 Å². The maximum absolute atomic E-state index is 10.6. The molecule has 17 heavy (non-hydrogen) atoms. The molecule has 0 aromatic heterocycles. The van der Waals surface area contributed by atoms with Gasteiger partial charge in [-0.3, -0.25) is 4.79 Å². The first-order valence-corrected chi connectivity index (χ1v) is 6.95. The fraction of sp³-hybridized carbons (Fsp3) is 0.929. The number of hydrogen-bond donors (Lipinski definition) is 1. The molecule has 1 N–H and O–H groups in total. The lowest BCUT2D eigenvalue weighted by Gasteiger charge is -2.37. The van der Waals surface area contributed by atoms with E-state index in [9.17, 15) is 4.79 Å². The summed E-state index contributed by atoms with van der Waals surface area (Å²) in [5, 5.41) is 8.72. The van der Waals surface area contributed by atoms with Gasteiger partial charge in [-0.25, -0.2) is 0 Å². The molecule has 0 spiro atoms. The van der Waals surface area contributed by atoms with E-state index in [0.717, 1.165) is 18.9 Å². The molecule has 1 aliphatic rings. The van der Waals surface area contributed by atoms with Crippen molar-refractivity contribution in [2.45, 2.75) is 58.9 Å². The summed E-state index contributed by atoms with van der Waals surface area (Å²) in [6, 6.07) is 0.641. The van der Waals surface area contributed by atoms with Crippen LogP contribution in [0.2, 0.25) is 0 Å². The predicted octanol–water partition coefficient (Wildman–Crippen LogP) is 3.00. The summed E-state index contributed by atoms with van der Waals surface area (Å²) in [5.74, 6) is 0.677. The predicted molar refractivity (Wildman–Crippen MR) is 70.1 cm³/mol. The lowest BCUT2D eigenvalue weighted by Crippen LogP contribution is -2.42. The van der Waals surface area contributed by atoms with Gasteiger partial charge < -0.3 is 10.0 Å². The van der Waals surface area contributed by atoms with Crippen LogP contribution in [0.4, 0.5) is 0 Å². The number of carbonyl (C=O) groups is 1. The molecular formula is C14H27NO2. The summed E-state index contributed by atoms with van der Waals surface area (Å²) in [6.07, 6.45) is 4.86. The van der Waals surface area contributed by atoms with Gasteiger partial charge in [-0.1, -0.05) is 13.8 Å². The van der Waals surface area contributed by atoms with Crippen molar-refractivity contribution in [2.75, 3.05) is 13.1 Å². The number of piperidine rings is 1. The van der Waals surface area contributed by atoms with Crippen LogP contribution in [0, 0.1) is 11.8 Å². The molecular weight excluding hydrogens is 214 g/mol. The highest BCUT2D eigenvalue weighted by Crippen LogP contribution is 2.24. The first-order chi connectivity index (χ1) is 7.99. The Morgan fingerprint density at radius 2 is 2.12 bits per heavy atom. The molecule has 1 rings (SSSR count). The standard InChI is InChI=1S/C14H27NO2/c1-11(2)9-12(3)15-8-4-5-13(10-15)6-7-14(16)17/h11-13H,4-10H2,1-3H3,(H,16,17). The van der Waals surface area contributed by atoms with E-state index in [4.69, 9.17) is 5.11 Å². The van der Waals surface area contributed by atoms with Gasteiger partial charge in [0.05, 0.1) is 0 Å². The molecule has 2 atom stereocenters. The van der Waals surface area contributed by atoms with Gasteiger partial charge in [-0.2, -0.15) is 0 Å². The zero-order chi connectivity index (χ0) is 12.8. The quantitative estimate of drug-likeness (QED) is 0.777. The van der Waals surface area contributed by atoms with Crippen molar-refractivity contribution in [1.29, 1.82) is 0 Å². The maximum atomic E-state index is 10.6. The maximum Gasteiger partial charge on any atom is 0.303 e. The first-order valence-electron chi connectivity index (χ1n) is 6.95.